The molecule has 0 radical (unpaired) electrons. The first kappa shape index (κ1) is 18.6. The van der Waals surface area contributed by atoms with E-state index < -0.39 is 0 Å². The van der Waals surface area contributed by atoms with Gasteiger partial charge in [0.25, 0.3) is 0 Å². The van der Waals surface area contributed by atoms with E-state index in [0.717, 1.165) is 67.5 Å². The van der Waals surface area contributed by atoms with E-state index in [0.29, 0.717) is 17.4 Å². The first-order chi connectivity index (χ1) is 13.2. The van der Waals surface area contributed by atoms with E-state index in [1.807, 2.05) is 13.8 Å². The van der Waals surface area contributed by atoms with Crippen molar-refractivity contribution < 1.29 is 14.3 Å². The quantitative estimate of drug-likeness (QED) is 0.726. The molecule has 2 fully saturated rings. The van der Waals surface area contributed by atoms with Crippen molar-refractivity contribution in [2.75, 3.05) is 57.4 Å². The highest BCUT2D eigenvalue weighted by atomic mass is 32.1. The highest BCUT2D eigenvalue weighted by molar-refractivity contribution is 7.20. The lowest BCUT2D eigenvalue weighted by atomic mass is 10.1. The van der Waals surface area contributed by atoms with E-state index in [9.17, 15) is 4.79 Å². The number of fused-ring (bicyclic) bond motifs is 1. The zero-order chi connectivity index (χ0) is 18.8. The molecule has 8 heteroatoms. The van der Waals surface area contributed by atoms with Crippen molar-refractivity contribution in [1.82, 2.24) is 14.9 Å². The van der Waals surface area contributed by atoms with Crippen LogP contribution < -0.4 is 4.90 Å². The Morgan fingerprint density at radius 2 is 2.15 bits per heavy atom. The fourth-order valence-corrected chi connectivity index (χ4v) is 4.96. The number of carbonyl (C=O) groups excluding carboxylic acids is 1. The molecule has 7 nitrogen and oxygen atoms in total. The van der Waals surface area contributed by atoms with E-state index in [2.05, 4.69) is 19.8 Å². The van der Waals surface area contributed by atoms with Crippen molar-refractivity contribution in [3.05, 3.63) is 16.8 Å². The third kappa shape index (κ3) is 3.79. The summed E-state index contributed by atoms with van der Waals surface area (Å²) in [6, 6.07) is 0. The highest BCUT2D eigenvalue weighted by Crippen LogP contribution is 2.35. The van der Waals surface area contributed by atoms with Crippen LogP contribution in [0.4, 0.5) is 5.82 Å². The van der Waals surface area contributed by atoms with Crippen LogP contribution in [-0.2, 0) is 9.47 Å². The van der Waals surface area contributed by atoms with Crippen LogP contribution in [-0.4, -0.2) is 73.4 Å². The van der Waals surface area contributed by atoms with Crippen molar-refractivity contribution in [3.8, 4) is 0 Å². The predicted octanol–water partition coefficient (Wildman–Crippen LogP) is 2.33. The van der Waals surface area contributed by atoms with Crippen molar-refractivity contribution >= 4 is 33.3 Å². The lowest BCUT2D eigenvalue weighted by Gasteiger charge is -2.36. The smallest absolute Gasteiger partial charge is 0.348 e. The number of ether oxygens (including phenoxy) is 2. The Kier molecular flexibility index (Phi) is 5.56. The van der Waals surface area contributed by atoms with Crippen LogP contribution in [0.5, 0.6) is 0 Å². The van der Waals surface area contributed by atoms with Gasteiger partial charge in [0, 0.05) is 39.3 Å². The van der Waals surface area contributed by atoms with Gasteiger partial charge in [-0.25, -0.2) is 14.8 Å². The number of piperazine rings is 1. The molecule has 2 aliphatic heterocycles. The van der Waals surface area contributed by atoms with Crippen LogP contribution in [0.25, 0.3) is 10.2 Å². The molecular weight excluding hydrogens is 364 g/mol. The van der Waals surface area contributed by atoms with E-state index in [1.54, 1.807) is 6.33 Å². The third-order valence-corrected chi connectivity index (χ3v) is 6.56. The topological polar surface area (TPSA) is 67.8 Å². The van der Waals surface area contributed by atoms with Gasteiger partial charge in [0.05, 0.1) is 18.6 Å². The summed E-state index contributed by atoms with van der Waals surface area (Å²) >= 11 is 1.40. The summed E-state index contributed by atoms with van der Waals surface area (Å²) in [7, 11) is 0. The van der Waals surface area contributed by atoms with Gasteiger partial charge < -0.3 is 14.4 Å². The van der Waals surface area contributed by atoms with Gasteiger partial charge in [-0.3, -0.25) is 4.90 Å². The minimum atomic E-state index is -0.271. The summed E-state index contributed by atoms with van der Waals surface area (Å²) in [4.78, 5) is 27.5. The molecule has 0 saturated carbocycles. The fourth-order valence-electron chi connectivity index (χ4n) is 3.92. The van der Waals surface area contributed by atoms with Gasteiger partial charge in [-0.05, 0) is 31.7 Å². The number of nitrogens with zero attached hydrogens (tertiary/aromatic N) is 4. The second-order valence-electron chi connectivity index (χ2n) is 7.17. The van der Waals surface area contributed by atoms with Crippen LogP contribution in [0.2, 0.25) is 0 Å². The van der Waals surface area contributed by atoms with Crippen molar-refractivity contribution in [3.63, 3.8) is 0 Å². The zero-order valence-corrected chi connectivity index (χ0v) is 16.8. The Morgan fingerprint density at radius 1 is 1.33 bits per heavy atom. The van der Waals surface area contributed by atoms with E-state index >= 15 is 0 Å². The fraction of sp³-hybridized carbons (Fsp3) is 0.632. The van der Waals surface area contributed by atoms with Crippen LogP contribution in [0.3, 0.4) is 0 Å². The monoisotopic (exact) mass is 390 g/mol. The molecular formula is C19H26N4O3S. The summed E-state index contributed by atoms with van der Waals surface area (Å²) in [6.45, 7) is 11.0. The van der Waals surface area contributed by atoms with Crippen molar-refractivity contribution in [1.29, 1.82) is 0 Å². The maximum absolute atomic E-state index is 12.2. The summed E-state index contributed by atoms with van der Waals surface area (Å²) in [6.07, 6.45) is 2.78. The first-order valence-corrected chi connectivity index (χ1v) is 10.4. The number of aryl methyl sites for hydroxylation is 1. The van der Waals surface area contributed by atoms with Crippen LogP contribution in [0.1, 0.15) is 28.6 Å². The molecule has 0 spiro atoms. The van der Waals surface area contributed by atoms with Gasteiger partial charge in [0.15, 0.2) is 0 Å². The number of anilines is 1. The molecule has 0 aliphatic carbocycles. The van der Waals surface area contributed by atoms with E-state index in [1.165, 1.54) is 17.8 Å². The largest absolute Gasteiger partial charge is 0.462 e. The molecule has 146 valence electrons. The molecule has 0 bridgehead atoms. The highest BCUT2D eigenvalue weighted by Gasteiger charge is 2.26. The Bertz CT molecular complexity index is 811. The number of rotatable bonds is 5. The molecule has 1 atom stereocenters. The summed E-state index contributed by atoms with van der Waals surface area (Å²) in [5, 5.41) is 0.989. The molecule has 2 aliphatic rings. The van der Waals surface area contributed by atoms with Crippen LogP contribution in [0, 0.1) is 12.8 Å². The molecule has 0 N–H and O–H groups in total. The van der Waals surface area contributed by atoms with Crippen LogP contribution >= 0.6 is 11.3 Å². The van der Waals surface area contributed by atoms with Gasteiger partial charge >= 0.3 is 5.97 Å². The van der Waals surface area contributed by atoms with Gasteiger partial charge in [-0.2, -0.15) is 0 Å². The first-order valence-electron chi connectivity index (χ1n) is 9.63. The Hall–Kier alpha value is -1.77. The third-order valence-electron chi connectivity index (χ3n) is 5.38. The number of esters is 1. The number of hydrogen-bond acceptors (Lipinski definition) is 8. The minimum absolute atomic E-state index is 0.271. The zero-order valence-electron chi connectivity index (χ0n) is 15.9. The van der Waals surface area contributed by atoms with Gasteiger partial charge in [0.1, 0.15) is 21.9 Å². The SMILES string of the molecule is CCOC(=O)c1sc2ncnc(N3CCN(CC4CCOC4)CC3)c2c1C. The number of carbonyl (C=O) groups is 1. The van der Waals surface area contributed by atoms with Crippen molar-refractivity contribution in [2.24, 2.45) is 5.92 Å². The van der Waals surface area contributed by atoms with E-state index in [4.69, 9.17) is 9.47 Å². The average molecular weight is 391 g/mol. The lowest BCUT2D eigenvalue weighted by molar-refractivity contribution is 0.0531. The second kappa shape index (κ2) is 8.08. The molecule has 4 heterocycles. The predicted molar refractivity (Wildman–Crippen MR) is 106 cm³/mol. The summed E-state index contributed by atoms with van der Waals surface area (Å²) in [5.41, 5.74) is 0.926. The number of hydrogen-bond donors (Lipinski definition) is 0. The maximum Gasteiger partial charge on any atom is 0.348 e. The molecule has 2 aromatic rings. The van der Waals surface area contributed by atoms with Crippen LogP contribution in [0.15, 0.2) is 6.33 Å². The lowest BCUT2D eigenvalue weighted by Crippen LogP contribution is -2.48. The Labute approximate surface area is 163 Å². The molecule has 0 amide bonds. The molecule has 2 saturated heterocycles. The number of aromatic nitrogens is 2. The maximum atomic E-state index is 12.2. The molecule has 2 aromatic heterocycles. The van der Waals surface area contributed by atoms with E-state index in [-0.39, 0.29) is 5.97 Å². The summed E-state index contributed by atoms with van der Waals surface area (Å²) in [5.74, 6) is 1.34. The number of thiophene rings is 1. The molecule has 0 aromatic carbocycles. The Balaban J connectivity index is 1.51. The normalized spacial score (nSPS) is 21.1. The second-order valence-corrected chi connectivity index (χ2v) is 8.17. The minimum Gasteiger partial charge on any atom is -0.462 e. The molecule has 4 rings (SSSR count). The van der Waals surface area contributed by atoms with Gasteiger partial charge in [-0.15, -0.1) is 11.3 Å². The van der Waals surface area contributed by atoms with Gasteiger partial charge in [-0.1, -0.05) is 0 Å². The standard InChI is InChI=1S/C19H26N4O3S/c1-3-26-19(24)16-13(2)15-17(20-12-21-18(15)27-16)23-7-5-22(6-8-23)10-14-4-9-25-11-14/h12,14H,3-11H2,1-2H3. The molecule has 27 heavy (non-hydrogen) atoms. The van der Waals surface area contributed by atoms with Gasteiger partial charge in [0.2, 0.25) is 0 Å². The summed E-state index contributed by atoms with van der Waals surface area (Å²) < 4.78 is 10.7. The molecule has 1 unspecified atom stereocenters. The average Bonchev–Trinajstić information content (AvgIpc) is 3.30. The van der Waals surface area contributed by atoms with Crippen molar-refractivity contribution in [2.45, 2.75) is 20.3 Å². The Morgan fingerprint density at radius 3 is 2.85 bits per heavy atom.